The van der Waals surface area contributed by atoms with E-state index in [1.54, 1.807) is 53.2 Å². The summed E-state index contributed by atoms with van der Waals surface area (Å²) in [4.78, 5) is 0. The molecule has 0 radical (unpaired) electrons. The predicted octanol–water partition coefficient (Wildman–Crippen LogP) is 7.30. The van der Waals surface area contributed by atoms with Crippen LogP contribution in [0.1, 0.15) is 5.56 Å². The van der Waals surface area contributed by atoms with E-state index < -0.39 is 11.7 Å². The monoisotopic (exact) mass is 472 g/mol. The predicted molar refractivity (Wildman–Crippen MR) is 128 cm³/mol. The first-order chi connectivity index (χ1) is 16.8. The molecule has 5 rings (SSSR count). The molecule has 0 aliphatic rings. The normalized spacial score (nSPS) is 11.5. The summed E-state index contributed by atoms with van der Waals surface area (Å²) in [7, 11) is 0. The van der Waals surface area contributed by atoms with Crippen molar-refractivity contribution in [3.05, 3.63) is 109 Å². The molecule has 2 N–H and O–H groups in total. The van der Waals surface area contributed by atoms with Gasteiger partial charge in [0.15, 0.2) is 0 Å². The number of hydrogen-bond donors (Lipinski definition) is 2. The first-order valence-electron chi connectivity index (χ1n) is 10.8. The number of rotatable bonds is 4. The molecular weight excluding hydrogens is 453 g/mol. The van der Waals surface area contributed by atoms with E-state index in [9.17, 15) is 23.4 Å². The number of aromatic nitrogens is 2. The van der Waals surface area contributed by atoms with Gasteiger partial charge in [0.05, 0.1) is 16.9 Å². The molecule has 0 saturated heterocycles. The second-order valence-corrected chi connectivity index (χ2v) is 7.99. The third-order valence-corrected chi connectivity index (χ3v) is 5.67. The molecule has 0 fully saturated rings. The fraction of sp³-hybridized carbons (Fsp3) is 0.0357. The molecule has 0 amide bonds. The third-order valence-electron chi connectivity index (χ3n) is 5.67. The van der Waals surface area contributed by atoms with Crippen LogP contribution in [0.5, 0.6) is 11.5 Å². The summed E-state index contributed by atoms with van der Waals surface area (Å²) in [6.45, 7) is 0. The summed E-state index contributed by atoms with van der Waals surface area (Å²) < 4.78 is 41.2. The van der Waals surface area contributed by atoms with E-state index in [0.29, 0.717) is 22.6 Å². The number of nitrogens with zero attached hydrogens (tertiary/aromatic N) is 2. The topological polar surface area (TPSA) is 58.3 Å². The lowest BCUT2D eigenvalue weighted by Gasteiger charge is -2.12. The lowest BCUT2D eigenvalue weighted by atomic mass is 9.95. The summed E-state index contributed by atoms with van der Waals surface area (Å²) in [5.41, 5.74) is 4.01. The largest absolute Gasteiger partial charge is 0.508 e. The van der Waals surface area contributed by atoms with Gasteiger partial charge in [-0.05, 0) is 66.2 Å². The fourth-order valence-corrected chi connectivity index (χ4v) is 3.98. The lowest BCUT2D eigenvalue weighted by Crippen LogP contribution is -2.06. The second-order valence-electron chi connectivity index (χ2n) is 7.99. The van der Waals surface area contributed by atoms with Crippen LogP contribution in [0.15, 0.2) is 103 Å². The lowest BCUT2D eigenvalue weighted by molar-refractivity contribution is -0.137. The van der Waals surface area contributed by atoms with Crippen LogP contribution in [-0.2, 0) is 6.18 Å². The van der Waals surface area contributed by atoms with Crippen molar-refractivity contribution in [3.63, 3.8) is 0 Å². The highest BCUT2D eigenvalue weighted by Crippen LogP contribution is 2.42. The molecule has 0 aliphatic carbocycles. The third kappa shape index (κ3) is 4.36. The number of aromatic hydroxyl groups is 2. The molecule has 35 heavy (non-hydrogen) atoms. The maximum Gasteiger partial charge on any atom is 0.416 e. The van der Waals surface area contributed by atoms with E-state index in [-0.39, 0.29) is 11.5 Å². The Bertz CT molecular complexity index is 1460. The minimum Gasteiger partial charge on any atom is -0.508 e. The van der Waals surface area contributed by atoms with Crippen LogP contribution in [0.2, 0.25) is 0 Å². The van der Waals surface area contributed by atoms with E-state index in [0.717, 1.165) is 28.8 Å². The van der Waals surface area contributed by atoms with Gasteiger partial charge in [-0.25, -0.2) is 4.68 Å². The Morgan fingerprint density at radius 2 is 1.14 bits per heavy atom. The van der Waals surface area contributed by atoms with Crippen LogP contribution < -0.4 is 0 Å². The number of phenols is 2. The summed E-state index contributed by atoms with van der Waals surface area (Å²) in [5.74, 6) is 0.210. The zero-order chi connectivity index (χ0) is 24.6. The van der Waals surface area contributed by atoms with Crippen LogP contribution in [0, 0.1) is 0 Å². The smallest absolute Gasteiger partial charge is 0.416 e. The SMILES string of the molecule is Oc1ccc(-c2nn(-c3ccc(C(F)(F)F)cc3)c(-c3ccccc3)c2-c2ccc(O)cc2)cc1. The van der Waals surface area contributed by atoms with E-state index in [1.165, 1.54) is 12.1 Å². The minimum atomic E-state index is -4.45. The second kappa shape index (κ2) is 8.68. The molecular formula is C28H19F3N2O2. The zero-order valence-corrected chi connectivity index (χ0v) is 18.2. The molecule has 4 nitrogen and oxygen atoms in total. The van der Waals surface area contributed by atoms with Gasteiger partial charge in [-0.3, -0.25) is 0 Å². The van der Waals surface area contributed by atoms with Crippen molar-refractivity contribution in [1.82, 2.24) is 9.78 Å². The van der Waals surface area contributed by atoms with Crippen molar-refractivity contribution < 1.29 is 23.4 Å². The van der Waals surface area contributed by atoms with E-state index >= 15 is 0 Å². The van der Waals surface area contributed by atoms with Gasteiger partial charge in [-0.1, -0.05) is 42.5 Å². The van der Waals surface area contributed by atoms with Gasteiger partial charge in [0, 0.05) is 16.7 Å². The summed E-state index contributed by atoms with van der Waals surface area (Å²) >= 11 is 0. The molecule has 1 heterocycles. The molecule has 5 aromatic rings. The Morgan fingerprint density at radius 1 is 0.600 bits per heavy atom. The van der Waals surface area contributed by atoms with E-state index in [4.69, 9.17) is 5.10 Å². The van der Waals surface area contributed by atoms with Crippen LogP contribution >= 0.6 is 0 Å². The zero-order valence-electron chi connectivity index (χ0n) is 18.2. The molecule has 1 aromatic heterocycles. The van der Waals surface area contributed by atoms with Gasteiger partial charge < -0.3 is 10.2 Å². The quantitative estimate of drug-likeness (QED) is 0.288. The molecule has 0 saturated carbocycles. The summed E-state index contributed by atoms with van der Waals surface area (Å²) in [6.07, 6.45) is -4.45. The van der Waals surface area contributed by atoms with E-state index in [1.807, 2.05) is 30.3 Å². The van der Waals surface area contributed by atoms with Gasteiger partial charge in [0.25, 0.3) is 0 Å². The van der Waals surface area contributed by atoms with Crippen LogP contribution in [0.3, 0.4) is 0 Å². The number of halogens is 3. The number of hydrogen-bond acceptors (Lipinski definition) is 3. The van der Waals surface area contributed by atoms with Crippen molar-refractivity contribution in [3.8, 4) is 50.8 Å². The van der Waals surface area contributed by atoms with Crippen molar-refractivity contribution >= 4 is 0 Å². The van der Waals surface area contributed by atoms with Gasteiger partial charge in [0.2, 0.25) is 0 Å². The highest BCUT2D eigenvalue weighted by atomic mass is 19.4. The summed E-state index contributed by atoms with van der Waals surface area (Å²) in [6, 6.07) is 27.5. The van der Waals surface area contributed by atoms with Gasteiger partial charge in [-0.2, -0.15) is 18.3 Å². The average molecular weight is 472 g/mol. The Hall–Kier alpha value is -4.52. The maximum atomic E-state index is 13.2. The Labute approximate surface area is 199 Å². The Balaban J connectivity index is 1.82. The van der Waals surface area contributed by atoms with Crippen LogP contribution in [-0.4, -0.2) is 20.0 Å². The van der Waals surface area contributed by atoms with Crippen molar-refractivity contribution in [2.75, 3.05) is 0 Å². The Morgan fingerprint density at radius 3 is 1.69 bits per heavy atom. The number of benzene rings is 4. The van der Waals surface area contributed by atoms with Gasteiger partial charge >= 0.3 is 6.18 Å². The fourth-order valence-electron chi connectivity index (χ4n) is 3.98. The number of alkyl halides is 3. The molecule has 0 atom stereocenters. The van der Waals surface area contributed by atoms with E-state index in [2.05, 4.69) is 0 Å². The average Bonchev–Trinajstić information content (AvgIpc) is 3.26. The molecule has 4 aromatic carbocycles. The molecule has 174 valence electrons. The van der Waals surface area contributed by atoms with Gasteiger partial charge in [0.1, 0.15) is 17.2 Å². The number of phenolic OH excluding ortho intramolecular Hbond substituents is 2. The molecule has 0 spiro atoms. The van der Waals surface area contributed by atoms with Crippen molar-refractivity contribution in [1.29, 1.82) is 0 Å². The van der Waals surface area contributed by atoms with Crippen LogP contribution in [0.25, 0.3) is 39.3 Å². The molecule has 7 heteroatoms. The molecule has 0 unspecified atom stereocenters. The highest BCUT2D eigenvalue weighted by Gasteiger charge is 2.30. The van der Waals surface area contributed by atoms with Gasteiger partial charge in [-0.15, -0.1) is 0 Å². The summed E-state index contributed by atoms with van der Waals surface area (Å²) in [5, 5.41) is 24.5. The molecule has 0 aliphatic heterocycles. The maximum absolute atomic E-state index is 13.2. The standard InChI is InChI=1S/C28H19F3N2O2/c29-28(30,31)21-10-12-22(13-11-21)33-27(20-4-2-1-3-5-20)25(18-6-14-23(34)15-7-18)26(32-33)19-8-16-24(35)17-9-19/h1-17,34-35H. The van der Waals surface area contributed by atoms with Crippen LogP contribution in [0.4, 0.5) is 13.2 Å². The van der Waals surface area contributed by atoms with Crippen molar-refractivity contribution in [2.24, 2.45) is 0 Å². The molecule has 0 bridgehead atoms. The highest BCUT2D eigenvalue weighted by molar-refractivity contribution is 5.92. The van der Waals surface area contributed by atoms with Crippen molar-refractivity contribution in [2.45, 2.75) is 6.18 Å². The first-order valence-corrected chi connectivity index (χ1v) is 10.8. The minimum absolute atomic E-state index is 0.102. The Kier molecular flexibility index (Phi) is 5.53. The first kappa shape index (κ1) is 22.3.